The van der Waals surface area contributed by atoms with Gasteiger partial charge in [0, 0.05) is 0 Å². The fourth-order valence-electron chi connectivity index (χ4n) is 1.39. The molecule has 0 rings (SSSR count). The zero-order valence-electron chi connectivity index (χ0n) is 9.70. The van der Waals surface area contributed by atoms with Crippen LogP contribution in [0.2, 0.25) is 6.04 Å². The van der Waals surface area contributed by atoms with Gasteiger partial charge in [-0.2, -0.15) is 0 Å². The third-order valence-corrected chi connectivity index (χ3v) is 6.06. The predicted molar refractivity (Wildman–Crippen MR) is 61.8 cm³/mol. The average molecular weight is 203 g/mol. The lowest BCUT2D eigenvalue weighted by Crippen LogP contribution is -2.70. The van der Waals surface area contributed by atoms with E-state index in [0.29, 0.717) is 5.92 Å². The van der Waals surface area contributed by atoms with Gasteiger partial charge in [0.25, 0.3) is 8.56 Å². The van der Waals surface area contributed by atoms with Gasteiger partial charge in [-0.25, -0.2) is 0 Å². The molecule has 80 valence electrons. The molecule has 0 saturated carbocycles. The Morgan fingerprint density at radius 3 is 2.00 bits per heavy atom. The quantitative estimate of drug-likeness (QED) is 0.541. The van der Waals surface area contributed by atoms with Gasteiger partial charge < -0.3 is 14.9 Å². The van der Waals surface area contributed by atoms with Crippen LogP contribution in [0, 0.1) is 5.92 Å². The van der Waals surface area contributed by atoms with Gasteiger partial charge in [-0.05, 0) is 32.6 Å². The molecular formula is C9H25N3Si. The van der Waals surface area contributed by atoms with E-state index in [1.807, 2.05) is 14.1 Å². The van der Waals surface area contributed by atoms with Crippen LogP contribution < -0.4 is 14.9 Å². The fourth-order valence-corrected chi connectivity index (χ4v) is 4.18. The van der Waals surface area contributed by atoms with Crippen molar-refractivity contribution in [2.45, 2.75) is 33.2 Å². The minimum Gasteiger partial charge on any atom is -0.316 e. The molecule has 0 aliphatic heterocycles. The van der Waals surface area contributed by atoms with E-state index >= 15 is 0 Å². The van der Waals surface area contributed by atoms with Crippen LogP contribution in [0.4, 0.5) is 0 Å². The van der Waals surface area contributed by atoms with Crippen molar-refractivity contribution in [3.05, 3.63) is 0 Å². The molecule has 0 bridgehead atoms. The van der Waals surface area contributed by atoms with E-state index in [0.717, 1.165) is 6.54 Å². The van der Waals surface area contributed by atoms with Gasteiger partial charge in [0.05, 0.1) is 0 Å². The summed E-state index contributed by atoms with van der Waals surface area (Å²) in [6.45, 7) is 7.80. The third kappa shape index (κ3) is 4.76. The standard InChI is InChI=1S/C9H25N3Si/c1-6-7-13(10-4,11-5)12-8-9(2)3/h9-12H,6-8H2,1-5H3. The maximum absolute atomic E-state index is 3.65. The summed E-state index contributed by atoms with van der Waals surface area (Å²) in [5.74, 6) is 0.713. The Morgan fingerprint density at radius 1 is 1.15 bits per heavy atom. The first-order valence-electron chi connectivity index (χ1n) is 5.23. The Bertz CT molecular complexity index is 124. The summed E-state index contributed by atoms with van der Waals surface area (Å²) in [5, 5.41) is 0. The molecule has 3 nitrogen and oxygen atoms in total. The normalized spacial score (nSPS) is 12.5. The highest BCUT2D eigenvalue weighted by atomic mass is 28.4. The largest absolute Gasteiger partial charge is 0.316 e. The van der Waals surface area contributed by atoms with E-state index in [4.69, 9.17) is 0 Å². The van der Waals surface area contributed by atoms with Gasteiger partial charge in [0.2, 0.25) is 0 Å². The van der Waals surface area contributed by atoms with E-state index in [9.17, 15) is 0 Å². The Labute approximate surface area is 83.9 Å². The molecule has 0 aliphatic carbocycles. The van der Waals surface area contributed by atoms with Crippen LogP contribution in [0.1, 0.15) is 27.2 Å². The van der Waals surface area contributed by atoms with E-state index in [1.54, 1.807) is 0 Å². The summed E-state index contributed by atoms with van der Waals surface area (Å²) in [7, 11) is 2.54. The molecule has 0 spiro atoms. The van der Waals surface area contributed by atoms with Crippen molar-refractivity contribution < 1.29 is 0 Å². The summed E-state index contributed by atoms with van der Waals surface area (Å²) in [6.07, 6.45) is 1.22. The Hall–Kier alpha value is 0.0969. The molecule has 0 radical (unpaired) electrons. The molecule has 0 aromatic heterocycles. The van der Waals surface area contributed by atoms with Crippen LogP contribution in [-0.4, -0.2) is 29.2 Å². The van der Waals surface area contributed by atoms with Crippen LogP contribution in [0.25, 0.3) is 0 Å². The molecule has 4 heteroatoms. The van der Waals surface area contributed by atoms with Crippen LogP contribution in [0.3, 0.4) is 0 Å². The highest BCUT2D eigenvalue weighted by Crippen LogP contribution is 2.01. The van der Waals surface area contributed by atoms with E-state index < -0.39 is 8.56 Å². The maximum Gasteiger partial charge on any atom is 0.280 e. The first-order chi connectivity index (χ1) is 6.10. The van der Waals surface area contributed by atoms with Crippen LogP contribution >= 0.6 is 0 Å². The SMILES string of the molecule is CCC[Si](NC)(NC)NCC(C)C. The topological polar surface area (TPSA) is 36.1 Å². The van der Waals surface area contributed by atoms with Gasteiger partial charge in [0.1, 0.15) is 0 Å². The molecule has 0 unspecified atom stereocenters. The lowest BCUT2D eigenvalue weighted by Gasteiger charge is -2.31. The second-order valence-corrected chi connectivity index (χ2v) is 7.59. The molecule has 0 amide bonds. The van der Waals surface area contributed by atoms with Gasteiger partial charge in [-0.3, -0.25) is 0 Å². The summed E-state index contributed by atoms with van der Waals surface area (Å²) >= 11 is 0. The van der Waals surface area contributed by atoms with Crippen molar-refractivity contribution in [1.29, 1.82) is 0 Å². The second kappa shape index (κ2) is 6.54. The Morgan fingerprint density at radius 2 is 1.69 bits per heavy atom. The molecule has 0 heterocycles. The molecule has 13 heavy (non-hydrogen) atoms. The Kier molecular flexibility index (Phi) is 6.58. The highest BCUT2D eigenvalue weighted by molar-refractivity contribution is 6.72. The lowest BCUT2D eigenvalue weighted by molar-refractivity contribution is 0.608. The van der Waals surface area contributed by atoms with Crippen molar-refractivity contribution in [2.24, 2.45) is 5.92 Å². The van der Waals surface area contributed by atoms with Crippen molar-refractivity contribution in [3.8, 4) is 0 Å². The van der Waals surface area contributed by atoms with Crippen LogP contribution in [0.5, 0.6) is 0 Å². The van der Waals surface area contributed by atoms with Crippen LogP contribution in [-0.2, 0) is 0 Å². The minimum absolute atomic E-state index is 0.713. The monoisotopic (exact) mass is 203 g/mol. The molecule has 3 N–H and O–H groups in total. The number of rotatable bonds is 7. The zero-order valence-corrected chi connectivity index (χ0v) is 10.7. The summed E-state index contributed by atoms with van der Waals surface area (Å²) in [6, 6.07) is 1.23. The molecule has 0 atom stereocenters. The minimum atomic E-state index is -1.56. The van der Waals surface area contributed by atoms with Crippen molar-refractivity contribution in [1.82, 2.24) is 14.9 Å². The van der Waals surface area contributed by atoms with Gasteiger partial charge in [-0.15, -0.1) is 0 Å². The molecule has 0 aromatic carbocycles. The average Bonchev–Trinajstić information content (AvgIpc) is 2.12. The summed E-state index contributed by atoms with van der Waals surface area (Å²) < 4.78 is 0. The number of nitrogens with one attached hydrogen (secondary N) is 3. The van der Waals surface area contributed by atoms with Gasteiger partial charge in [0.15, 0.2) is 0 Å². The third-order valence-electron chi connectivity index (χ3n) is 2.29. The maximum atomic E-state index is 3.65. The zero-order chi connectivity index (χ0) is 10.3. The number of hydrogen-bond donors (Lipinski definition) is 3. The molecular weight excluding hydrogens is 178 g/mol. The van der Waals surface area contributed by atoms with E-state index in [2.05, 4.69) is 35.7 Å². The van der Waals surface area contributed by atoms with Crippen molar-refractivity contribution in [2.75, 3.05) is 20.6 Å². The van der Waals surface area contributed by atoms with Crippen molar-refractivity contribution >= 4 is 8.56 Å². The van der Waals surface area contributed by atoms with Gasteiger partial charge >= 0.3 is 0 Å². The summed E-state index contributed by atoms with van der Waals surface area (Å²) in [4.78, 5) is 10.5. The molecule has 0 aliphatic rings. The molecule has 0 aromatic rings. The summed E-state index contributed by atoms with van der Waals surface area (Å²) in [5.41, 5.74) is 0. The lowest BCUT2D eigenvalue weighted by atomic mass is 10.2. The smallest absolute Gasteiger partial charge is 0.280 e. The molecule has 0 fully saturated rings. The first kappa shape index (κ1) is 13.1. The first-order valence-corrected chi connectivity index (χ1v) is 7.43. The fraction of sp³-hybridized carbons (Fsp3) is 1.00. The highest BCUT2D eigenvalue weighted by Gasteiger charge is 2.28. The van der Waals surface area contributed by atoms with Crippen LogP contribution in [0.15, 0.2) is 0 Å². The Balaban J connectivity index is 4.04. The molecule has 0 saturated heterocycles. The van der Waals surface area contributed by atoms with E-state index in [-0.39, 0.29) is 0 Å². The van der Waals surface area contributed by atoms with Crippen molar-refractivity contribution in [3.63, 3.8) is 0 Å². The van der Waals surface area contributed by atoms with Gasteiger partial charge in [-0.1, -0.05) is 27.2 Å². The number of hydrogen-bond acceptors (Lipinski definition) is 3. The van der Waals surface area contributed by atoms with E-state index in [1.165, 1.54) is 12.5 Å². The predicted octanol–water partition coefficient (Wildman–Crippen LogP) is 1.02. The second-order valence-electron chi connectivity index (χ2n) is 3.93.